The van der Waals surface area contributed by atoms with E-state index in [2.05, 4.69) is 15.3 Å². The summed E-state index contributed by atoms with van der Waals surface area (Å²) in [5, 5.41) is 3.01. The summed E-state index contributed by atoms with van der Waals surface area (Å²) in [5.41, 5.74) is 1.87. The normalized spacial score (nSPS) is 20.4. The van der Waals surface area contributed by atoms with Crippen LogP contribution in [0, 0.1) is 12.8 Å². The molecule has 2 amide bonds. The number of carbonyl (C=O) groups excluding carboxylic acids is 2. The summed E-state index contributed by atoms with van der Waals surface area (Å²) in [4.78, 5) is 35.2. The van der Waals surface area contributed by atoms with Crippen LogP contribution in [0.25, 0.3) is 0 Å². The molecule has 2 saturated heterocycles. The molecule has 7 nitrogen and oxygen atoms in total. The Balaban J connectivity index is 1.26. The number of aryl methyl sites for hydroxylation is 1. The minimum absolute atomic E-state index is 0.00438. The lowest BCUT2D eigenvalue weighted by molar-refractivity contribution is -0.124. The molecule has 2 aliphatic heterocycles. The fraction of sp³-hybridized carbons (Fsp3) is 0.500. The van der Waals surface area contributed by atoms with Gasteiger partial charge in [-0.2, -0.15) is 0 Å². The van der Waals surface area contributed by atoms with Gasteiger partial charge in [0.15, 0.2) is 0 Å². The van der Waals surface area contributed by atoms with Crippen LogP contribution in [0.3, 0.4) is 0 Å². The van der Waals surface area contributed by atoms with Crippen LogP contribution in [0.2, 0.25) is 0 Å². The third-order valence-electron chi connectivity index (χ3n) is 6.45. The Morgan fingerprint density at radius 3 is 2.71 bits per heavy atom. The van der Waals surface area contributed by atoms with Crippen LogP contribution in [0.15, 0.2) is 42.7 Å². The molecule has 1 unspecified atom stereocenters. The van der Waals surface area contributed by atoms with Crippen molar-refractivity contribution in [2.75, 3.05) is 26.2 Å². The highest BCUT2D eigenvalue weighted by atomic mass is 16.5. The number of ether oxygens (including phenoxy) is 1. The van der Waals surface area contributed by atoms with Gasteiger partial charge in [-0.15, -0.1) is 0 Å². The molecular formula is C24H30N4O3. The number of piperidine rings is 1. The largest absolute Gasteiger partial charge is 0.375 e. The summed E-state index contributed by atoms with van der Waals surface area (Å²) in [6.45, 7) is 4.69. The average molecular weight is 423 g/mol. The minimum atomic E-state index is -0.144. The Kier molecular flexibility index (Phi) is 6.61. The molecule has 2 fully saturated rings. The fourth-order valence-corrected chi connectivity index (χ4v) is 4.66. The van der Waals surface area contributed by atoms with Gasteiger partial charge in [0.2, 0.25) is 0 Å². The number of nitrogens with one attached hydrogen (secondary N) is 1. The van der Waals surface area contributed by atoms with Gasteiger partial charge < -0.3 is 15.0 Å². The van der Waals surface area contributed by atoms with E-state index in [9.17, 15) is 9.59 Å². The Morgan fingerprint density at radius 2 is 1.97 bits per heavy atom. The topological polar surface area (TPSA) is 84.4 Å². The molecule has 4 rings (SSSR count). The first-order valence-corrected chi connectivity index (χ1v) is 11.1. The van der Waals surface area contributed by atoms with E-state index >= 15 is 0 Å². The number of hydrogen-bond donors (Lipinski definition) is 1. The van der Waals surface area contributed by atoms with Crippen molar-refractivity contribution in [3.63, 3.8) is 0 Å². The van der Waals surface area contributed by atoms with Gasteiger partial charge in [0.25, 0.3) is 11.8 Å². The SMILES string of the molecule is Cc1cccc(C(=O)N2CCC3(CC2)CC(CCNC(=O)c2ccncc2)CCO3)n1. The Morgan fingerprint density at radius 1 is 1.19 bits per heavy atom. The van der Waals surface area contributed by atoms with Crippen LogP contribution in [0.4, 0.5) is 0 Å². The number of likely N-dealkylation sites (tertiary alicyclic amines) is 1. The first kappa shape index (κ1) is 21.4. The second-order valence-electron chi connectivity index (χ2n) is 8.63. The first-order valence-electron chi connectivity index (χ1n) is 11.1. The van der Waals surface area contributed by atoms with Crippen molar-refractivity contribution < 1.29 is 14.3 Å². The summed E-state index contributed by atoms with van der Waals surface area (Å²) < 4.78 is 6.24. The lowest BCUT2D eigenvalue weighted by Gasteiger charge is -2.46. The zero-order chi connectivity index (χ0) is 21.7. The van der Waals surface area contributed by atoms with E-state index in [4.69, 9.17) is 4.74 Å². The van der Waals surface area contributed by atoms with E-state index < -0.39 is 0 Å². The van der Waals surface area contributed by atoms with Gasteiger partial charge in [0.1, 0.15) is 5.69 Å². The molecule has 0 saturated carbocycles. The van der Waals surface area contributed by atoms with E-state index in [0.717, 1.165) is 44.4 Å². The maximum Gasteiger partial charge on any atom is 0.272 e. The molecule has 0 bridgehead atoms. The van der Waals surface area contributed by atoms with E-state index in [-0.39, 0.29) is 17.4 Å². The summed E-state index contributed by atoms with van der Waals surface area (Å²) >= 11 is 0. The Labute approximate surface area is 183 Å². The molecule has 4 heterocycles. The van der Waals surface area contributed by atoms with Crippen molar-refractivity contribution in [3.05, 3.63) is 59.7 Å². The number of amides is 2. The third kappa shape index (κ3) is 5.28. The zero-order valence-electron chi connectivity index (χ0n) is 18.0. The molecule has 1 spiro atoms. The molecule has 2 aromatic heterocycles. The van der Waals surface area contributed by atoms with E-state index in [1.165, 1.54) is 0 Å². The number of pyridine rings is 2. The summed E-state index contributed by atoms with van der Waals surface area (Å²) in [5.74, 6) is 0.470. The molecule has 31 heavy (non-hydrogen) atoms. The van der Waals surface area contributed by atoms with Gasteiger partial charge >= 0.3 is 0 Å². The van der Waals surface area contributed by atoms with E-state index in [0.29, 0.717) is 36.8 Å². The molecule has 0 aliphatic carbocycles. The van der Waals surface area contributed by atoms with Crippen LogP contribution in [0.5, 0.6) is 0 Å². The number of hydrogen-bond acceptors (Lipinski definition) is 5. The van der Waals surface area contributed by atoms with Gasteiger partial charge in [-0.3, -0.25) is 14.6 Å². The first-order chi connectivity index (χ1) is 15.0. The molecule has 1 atom stereocenters. The predicted octanol–water partition coefficient (Wildman–Crippen LogP) is 3.01. The molecule has 1 N–H and O–H groups in total. The number of carbonyl (C=O) groups is 2. The van der Waals surface area contributed by atoms with Crippen LogP contribution < -0.4 is 5.32 Å². The number of nitrogens with zero attached hydrogens (tertiary/aromatic N) is 3. The monoisotopic (exact) mass is 422 g/mol. The van der Waals surface area contributed by atoms with Crippen molar-refractivity contribution in [2.24, 2.45) is 5.92 Å². The second-order valence-corrected chi connectivity index (χ2v) is 8.63. The molecule has 2 aliphatic rings. The fourth-order valence-electron chi connectivity index (χ4n) is 4.66. The highest BCUT2D eigenvalue weighted by Gasteiger charge is 2.41. The Bertz CT molecular complexity index is 910. The predicted molar refractivity (Wildman–Crippen MR) is 117 cm³/mol. The quantitative estimate of drug-likeness (QED) is 0.801. The van der Waals surface area contributed by atoms with Gasteiger partial charge in [0.05, 0.1) is 5.60 Å². The van der Waals surface area contributed by atoms with Gasteiger partial charge in [-0.25, -0.2) is 4.98 Å². The minimum Gasteiger partial charge on any atom is -0.375 e. The molecule has 164 valence electrons. The molecular weight excluding hydrogens is 392 g/mol. The van der Waals surface area contributed by atoms with Crippen molar-refractivity contribution in [1.29, 1.82) is 0 Å². The van der Waals surface area contributed by atoms with Crippen molar-refractivity contribution >= 4 is 11.8 Å². The summed E-state index contributed by atoms with van der Waals surface area (Å²) in [6.07, 6.45) is 7.91. The van der Waals surface area contributed by atoms with Crippen molar-refractivity contribution in [2.45, 2.75) is 44.6 Å². The maximum absolute atomic E-state index is 12.8. The lowest BCUT2D eigenvalue weighted by Crippen LogP contribution is -2.51. The van der Waals surface area contributed by atoms with Crippen LogP contribution in [0.1, 0.15) is 58.6 Å². The standard InChI is InChI=1S/C24H30N4O3/c1-18-3-2-4-21(27-18)23(30)28-14-9-24(10-15-28)17-19(8-16-31-24)5-13-26-22(29)20-6-11-25-12-7-20/h2-4,6-7,11-12,19H,5,8-10,13-17H2,1H3,(H,26,29). The summed E-state index contributed by atoms with van der Waals surface area (Å²) in [6, 6.07) is 9.01. The second kappa shape index (κ2) is 9.56. The average Bonchev–Trinajstić information content (AvgIpc) is 2.80. The smallest absolute Gasteiger partial charge is 0.272 e. The van der Waals surface area contributed by atoms with Crippen LogP contribution in [-0.2, 0) is 4.74 Å². The van der Waals surface area contributed by atoms with Crippen molar-refractivity contribution in [1.82, 2.24) is 20.2 Å². The highest BCUT2D eigenvalue weighted by Crippen LogP contribution is 2.38. The van der Waals surface area contributed by atoms with Gasteiger partial charge in [0, 0.05) is 49.9 Å². The molecule has 2 aromatic rings. The maximum atomic E-state index is 12.8. The zero-order valence-corrected chi connectivity index (χ0v) is 18.0. The third-order valence-corrected chi connectivity index (χ3v) is 6.45. The Hall–Kier alpha value is -2.80. The lowest BCUT2D eigenvalue weighted by atomic mass is 9.78. The van der Waals surface area contributed by atoms with Crippen molar-refractivity contribution in [3.8, 4) is 0 Å². The van der Waals surface area contributed by atoms with Gasteiger partial charge in [-0.1, -0.05) is 6.07 Å². The highest BCUT2D eigenvalue weighted by molar-refractivity contribution is 5.94. The van der Waals surface area contributed by atoms with Crippen LogP contribution in [-0.4, -0.2) is 58.5 Å². The molecule has 0 radical (unpaired) electrons. The summed E-state index contributed by atoms with van der Waals surface area (Å²) in [7, 11) is 0. The number of aromatic nitrogens is 2. The van der Waals surface area contributed by atoms with E-state index in [1.807, 2.05) is 24.0 Å². The van der Waals surface area contributed by atoms with Crippen LogP contribution >= 0.6 is 0 Å². The van der Waals surface area contributed by atoms with E-state index in [1.54, 1.807) is 30.6 Å². The van der Waals surface area contributed by atoms with Gasteiger partial charge in [-0.05, 0) is 69.2 Å². The number of rotatable bonds is 5. The molecule has 0 aromatic carbocycles. The molecule has 7 heteroatoms.